The number of hydrogen-bond donors (Lipinski definition) is 4. The molecule has 5 saturated carbocycles. The van der Waals surface area contributed by atoms with E-state index >= 15 is 4.79 Å². The molecule has 6 aliphatic heterocycles. The Labute approximate surface area is 351 Å². The number of carbonyl (C=O) groups excluding carboxylic acids is 3. The van der Waals surface area contributed by atoms with Crippen molar-refractivity contribution in [1.29, 1.82) is 0 Å². The number of allylic oxidation sites excluding steroid dienone is 1. The third kappa shape index (κ3) is 4.48. The Bertz CT molecular complexity index is 2040. The Balaban J connectivity index is 0.951. The molecular formula is C47H62N2O11. The summed E-state index contributed by atoms with van der Waals surface area (Å²) in [5.41, 5.74) is -4.99. The average molecular weight is 831 g/mol. The van der Waals surface area contributed by atoms with Crippen LogP contribution in [0.4, 0.5) is 0 Å². The molecule has 1 aromatic heterocycles. The van der Waals surface area contributed by atoms with Gasteiger partial charge in [-0.15, -0.1) is 0 Å². The molecule has 0 unspecified atom stereocenters. The van der Waals surface area contributed by atoms with Crippen LogP contribution in [0.1, 0.15) is 103 Å². The Hall–Kier alpha value is -2.81. The summed E-state index contributed by atoms with van der Waals surface area (Å²) in [6.45, 7) is 9.47. The van der Waals surface area contributed by atoms with E-state index in [2.05, 4.69) is 29.4 Å². The van der Waals surface area contributed by atoms with Gasteiger partial charge in [0.25, 0.3) is 0 Å². The van der Waals surface area contributed by atoms with Gasteiger partial charge in [-0.3, -0.25) is 14.9 Å². The smallest absolute Gasteiger partial charge is 0.339 e. The molecule has 3 spiro atoms. The molecule has 2 bridgehead atoms. The number of epoxide rings is 1. The lowest BCUT2D eigenvalue weighted by Gasteiger charge is -2.68. The standard InChI is InChI=1S/C47H62N2O11/c1-42(2)35-33(52)36(53)44(4)34-25(18-45(11-5-6-12-45)32-38(59-42)46(34,35)21-57-40(32)54)17-43(3)37(58-41(55)39-47(43,44)60-39)27-10-14-56-31(27)16-28(30(51)20-50)23-7-8-26-24(15-23)9-13-49-22-48-19-29(26)49/h9-10,13-14,23-26,28-30,32,34-39,48,50-51,53H,5-8,11-12,15-22H2,1-4H3/t23-,24+,25-,26-,28-,29+,30+,32-,34-,35+,36+,37-,38-,39+,43-,44-,46+,47+/m0/s1. The quantitative estimate of drug-likeness (QED) is 0.240. The molecule has 7 heterocycles. The summed E-state index contributed by atoms with van der Waals surface area (Å²) in [4.78, 5) is 46.1. The van der Waals surface area contributed by atoms with Crippen molar-refractivity contribution in [3.05, 3.63) is 35.9 Å². The van der Waals surface area contributed by atoms with Crippen molar-refractivity contribution in [3.63, 3.8) is 0 Å². The van der Waals surface area contributed by atoms with E-state index in [1.54, 1.807) is 6.26 Å². The second-order valence-electron chi connectivity index (χ2n) is 22.4. The summed E-state index contributed by atoms with van der Waals surface area (Å²) < 4.78 is 33.1. The number of furan rings is 1. The number of rotatable bonds is 6. The lowest BCUT2D eigenvalue weighted by Crippen LogP contribution is -2.77. The molecule has 18 atom stereocenters. The Morgan fingerprint density at radius 2 is 1.82 bits per heavy atom. The van der Waals surface area contributed by atoms with Gasteiger partial charge < -0.3 is 43.6 Å². The van der Waals surface area contributed by atoms with Crippen molar-refractivity contribution in [3.8, 4) is 0 Å². The van der Waals surface area contributed by atoms with Gasteiger partial charge in [0.15, 0.2) is 11.9 Å². The van der Waals surface area contributed by atoms with Gasteiger partial charge in [-0.1, -0.05) is 32.8 Å². The summed E-state index contributed by atoms with van der Waals surface area (Å²) in [5.74, 6) is -1.39. The van der Waals surface area contributed by atoms with Gasteiger partial charge in [0.05, 0.1) is 49.2 Å². The minimum absolute atomic E-state index is 0.0343. The maximum absolute atomic E-state index is 15.1. The number of hydrogen-bond acceptors (Lipinski definition) is 13. The summed E-state index contributed by atoms with van der Waals surface area (Å²) >= 11 is 0. The first-order valence-corrected chi connectivity index (χ1v) is 23.1. The van der Waals surface area contributed by atoms with E-state index in [0.717, 1.165) is 64.6 Å². The topological polar surface area (TPSA) is 181 Å². The molecule has 11 aliphatic rings. The van der Waals surface area contributed by atoms with Crippen molar-refractivity contribution in [2.45, 2.75) is 140 Å². The van der Waals surface area contributed by atoms with Crippen molar-refractivity contribution < 1.29 is 53.1 Å². The van der Waals surface area contributed by atoms with Crippen LogP contribution < -0.4 is 5.32 Å². The van der Waals surface area contributed by atoms with Gasteiger partial charge in [0.2, 0.25) is 0 Å². The van der Waals surface area contributed by atoms with Crippen molar-refractivity contribution in [2.24, 2.45) is 69.0 Å². The first kappa shape index (κ1) is 38.8. The molecule has 4 N–H and O–H groups in total. The second-order valence-corrected chi connectivity index (χ2v) is 22.4. The van der Waals surface area contributed by atoms with Crippen molar-refractivity contribution in [2.75, 3.05) is 26.4 Å². The highest BCUT2D eigenvalue weighted by Crippen LogP contribution is 2.83. The number of cyclic esters (lactones) is 2. The number of ketones is 1. The third-order valence-electron chi connectivity index (χ3n) is 19.8. The fourth-order valence-corrected chi connectivity index (χ4v) is 18.0. The lowest BCUT2D eigenvalue weighted by atomic mass is 9.34. The highest BCUT2D eigenvalue weighted by atomic mass is 16.7. The number of fused-ring (bicyclic) bond motifs is 4. The molecule has 0 aromatic carbocycles. The molecule has 1 aromatic rings. The molecule has 10 fully saturated rings. The average Bonchev–Trinajstić information content (AvgIpc) is 3.59. The van der Waals surface area contributed by atoms with Crippen LogP contribution >= 0.6 is 0 Å². The van der Waals surface area contributed by atoms with E-state index in [1.807, 2.05) is 26.8 Å². The number of nitrogens with zero attached hydrogens (tertiary/aromatic N) is 1. The first-order chi connectivity index (χ1) is 28.7. The van der Waals surface area contributed by atoms with Gasteiger partial charge in [-0.25, -0.2) is 4.79 Å². The number of aliphatic hydroxyl groups is 3. The molecule has 13 nitrogen and oxygen atoms in total. The fourth-order valence-electron chi connectivity index (χ4n) is 18.0. The van der Waals surface area contributed by atoms with E-state index in [-0.39, 0.29) is 48.6 Å². The van der Waals surface area contributed by atoms with Crippen LogP contribution in [0.3, 0.4) is 0 Å². The fraction of sp³-hybridized carbons (Fsp3) is 0.809. The number of carbonyl (C=O) groups is 3. The van der Waals surface area contributed by atoms with E-state index in [9.17, 15) is 24.9 Å². The number of ether oxygens (including phenoxy) is 4. The third-order valence-corrected chi connectivity index (χ3v) is 19.8. The molecule has 0 amide bonds. The molecule has 13 heteroatoms. The molecule has 5 aliphatic carbocycles. The Morgan fingerprint density at radius 1 is 1.02 bits per heavy atom. The number of Topliss-reactive ketones (excluding diaryl/α,β-unsaturated/α-hetero) is 1. The summed E-state index contributed by atoms with van der Waals surface area (Å²) in [5, 5.41) is 38.3. The largest absolute Gasteiger partial charge is 0.469 e. The minimum atomic E-state index is -1.46. The van der Waals surface area contributed by atoms with Crippen LogP contribution in [0.15, 0.2) is 29.0 Å². The van der Waals surface area contributed by atoms with Gasteiger partial charge in [-0.2, -0.15) is 0 Å². The van der Waals surface area contributed by atoms with Crippen LogP contribution in [0, 0.1) is 69.0 Å². The zero-order valence-electron chi connectivity index (χ0n) is 35.3. The van der Waals surface area contributed by atoms with Crippen LogP contribution in [0.25, 0.3) is 0 Å². The Kier molecular flexibility index (Phi) is 8.07. The number of esters is 2. The highest BCUT2D eigenvalue weighted by molar-refractivity contribution is 5.92. The highest BCUT2D eigenvalue weighted by Gasteiger charge is 2.93. The number of aliphatic hydroxyl groups excluding tert-OH is 3. The molecular weight excluding hydrogens is 769 g/mol. The van der Waals surface area contributed by atoms with Gasteiger partial charge in [-0.05, 0) is 112 Å². The summed E-state index contributed by atoms with van der Waals surface area (Å²) in [6.07, 6.45) is 9.59. The zero-order chi connectivity index (χ0) is 41.5. The van der Waals surface area contributed by atoms with Crippen LogP contribution in [-0.4, -0.2) is 106 Å². The molecule has 60 heavy (non-hydrogen) atoms. The second kappa shape index (κ2) is 12.5. The van der Waals surface area contributed by atoms with Gasteiger partial charge in [0.1, 0.15) is 30.2 Å². The van der Waals surface area contributed by atoms with E-state index in [1.165, 1.54) is 0 Å². The zero-order valence-corrected chi connectivity index (χ0v) is 35.3. The maximum Gasteiger partial charge on any atom is 0.339 e. The summed E-state index contributed by atoms with van der Waals surface area (Å²) in [6, 6.07) is 2.35. The van der Waals surface area contributed by atoms with Crippen LogP contribution in [0.5, 0.6) is 0 Å². The van der Waals surface area contributed by atoms with E-state index < -0.39 is 81.2 Å². The first-order valence-electron chi connectivity index (χ1n) is 23.1. The SMILES string of the molecule is CC1(C)O[C@H]2[C@H]3C(=O)OC[C@@]24[C@@H]1C(=O)[C@@H](O)[C@]1(C)[C@@H]4[C@H](CC32CCCC2)C[C@@]2(C)[C@H](c3ccoc3C[C@@H]([C@H]3CC[C@H]4[C@H](C=CN5CNC[C@H]45)C3)[C@H](O)CO)OC(=O)[C@H]3O[C@@]312. The van der Waals surface area contributed by atoms with Gasteiger partial charge in [0, 0.05) is 40.8 Å². The lowest BCUT2D eigenvalue weighted by molar-refractivity contribution is -0.266. The predicted molar refractivity (Wildman–Crippen MR) is 211 cm³/mol. The predicted octanol–water partition coefficient (Wildman–Crippen LogP) is 3.83. The van der Waals surface area contributed by atoms with Crippen molar-refractivity contribution in [1.82, 2.24) is 10.2 Å². The van der Waals surface area contributed by atoms with Gasteiger partial charge >= 0.3 is 11.9 Å². The molecule has 326 valence electrons. The van der Waals surface area contributed by atoms with E-state index in [4.69, 9.17) is 23.4 Å². The minimum Gasteiger partial charge on any atom is -0.469 e. The molecule has 5 saturated heterocycles. The maximum atomic E-state index is 15.1. The molecule has 12 rings (SSSR count). The van der Waals surface area contributed by atoms with Crippen molar-refractivity contribution >= 4 is 17.7 Å². The van der Waals surface area contributed by atoms with Crippen LogP contribution in [0.2, 0.25) is 0 Å². The number of nitrogens with one attached hydrogen (secondary N) is 1. The summed E-state index contributed by atoms with van der Waals surface area (Å²) in [7, 11) is 0. The monoisotopic (exact) mass is 830 g/mol. The Morgan fingerprint density at radius 3 is 2.60 bits per heavy atom. The normalized spacial score (nSPS) is 50.7. The van der Waals surface area contributed by atoms with Crippen LogP contribution in [-0.2, 0) is 39.8 Å². The molecule has 0 radical (unpaired) electrons. The van der Waals surface area contributed by atoms with E-state index in [0.29, 0.717) is 42.0 Å².